The summed E-state index contributed by atoms with van der Waals surface area (Å²) in [7, 11) is 0. The summed E-state index contributed by atoms with van der Waals surface area (Å²) < 4.78 is 0. The van der Waals surface area contributed by atoms with Gasteiger partial charge in [0.1, 0.15) is 0 Å². The fourth-order valence-corrected chi connectivity index (χ4v) is 14.6. The van der Waals surface area contributed by atoms with Crippen LogP contribution in [0.3, 0.4) is 0 Å². The molecule has 20 rings (SSSR count). The van der Waals surface area contributed by atoms with Crippen molar-refractivity contribution in [2.24, 2.45) is 0 Å². The Bertz CT molecular complexity index is 6030. The van der Waals surface area contributed by atoms with Crippen molar-refractivity contribution in [3.05, 3.63) is 366 Å². The van der Waals surface area contributed by atoms with E-state index in [2.05, 4.69) is 209 Å². The molecule has 0 radical (unpaired) electrons. The van der Waals surface area contributed by atoms with Crippen LogP contribution in [0.1, 0.15) is 0 Å². The number of benzene rings is 8. The average Bonchev–Trinajstić information content (AvgIpc) is 0.737. The monoisotopic (exact) mass is 1380 g/mol. The van der Waals surface area contributed by atoms with Crippen LogP contribution in [0.25, 0.3) is 199 Å². The Morgan fingerprint density at radius 2 is 0.324 bits per heavy atom. The number of rotatable bonds is 12. The van der Waals surface area contributed by atoms with Crippen molar-refractivity contribution in [2.75, 3.05) is 0 Å². The minimum absolute atomic E-state index is 0.896. The van der Waals surface area contributed by atoms with Gasteiger partial charge in [-0.15, -0.1) is 0 Å². The van der Waals surface area contributed by atoms with Gasteiger partial charge in [-0.3, -0.25) is 59.8 Å². The molecule has 20 aromatic rings. The molecule has 12 aromatic heterocycles. The van der Waals surface area contributed by atoms with E-state index in [1.165, 1.54) is 48.5 Å². The normalized spacial score (nSPS) is 11.3. The molecule has 0 fully saturated rings. The molecule has 0 amide bonds. The smallest absolute Gasteiger partial charge is 0.0717 e. The van der Waals surface area contributed by atoms with E-state index in [1.807, 2.05) is 184 Å². The fourth-order valence-electron chi connectivity index (χ4n) is 14.6. The highest BCUT2D eigenvalue weighted by molar-refractivity contribution is 6.28. The lowest BCUT2D eigenvalue weighted by molar-refractivity contribution is 1.28. The van der Waals surface area contributed by atoms with Crippen LogP contribution < -0.4 is 0 Å². The molecule has 12 heteroatoms. The van der Waals surface area contributed by atoms with Crippen LogP contribution in [0.4, 0.5) is 0 Å². The standard InChI is InChI=1S/2C48H30N6/c1-4-22-49-43(7-1)34-13-19-46(52-28-34)31-10-16-37-40(25-31)38-17-11-32(47-20-14-35(29-53-47)44-8-2-5-23-50-44)27-42(38)39-18-12-33(26-41(37)39)48-21-15-36(30-54-48)45-9-3-6-24-51-45;1-4-16-52-46(7-1)37-19-34(25-49-28-37)31-10-13-40-43(22-31)41-14-11-32(35-20-38(29-50-26-35)47-8-2-5-17-53-47)24-45(41)42-15-12-33(23-44(40)42)36-21-39(30-51-27-36)48-9-3-6-18-54-48/h2*1-30H. The van der Waals surface area contributed by atoms with Gasteiger partial charge in [0.25, 0.3) is 0 Å². The topological polar surface area (TPSA) is 155 Å². The summed E-state index contributed by atoms with van der Waals surface area (Å²) in [6.07, 6.45) is 27.9. The van der Waals surface area contributed by atoms with Crippen LogP contribution in [-0.2, 0) is 0 Å². The third-order valence-electron chi connectivity index (χ3n) is 20.0. The molecule has 12 nitrogen and oxygen atoms in total. The second-order valence-electron chi connectivity index (χ2n) is 26.5. The summed E-state index contributed by atoms with van der Waals surface area (Å²) in [5, 5.41) is 14.0. The molecule has 0 saturated carbocycles. The molecule has 0 aliphatic carbocycles. The zero-order valence-electron chi connectivity index (χ0n) is 58.0. The molecule has 0 unspecified atom stereocenters. The van der Waals surface area contributed by atoms with E-state index in [1.54, 1.807) is 18.6 Å². The Morgan fingerprint density at radius 3 is 0.546 bits per heavy atom. The molecule has 0 atom stereocenters. The summed E-state index contributed by atoms with van der Waals surface area (Å²) in [6, 6.07) is 94.8. The van der Waals surface area contributed by atoms with Crippen LogP contribution in [0.2, 0.25) is 0 Å². The maximum atomic E-state index is 4.87. The van der Waals surface area contributed by atoms with E-state index in [0.29, 0.717) is 0 Å². The molecular weight excluding hydrogens is 1320 g/mol. The molecule has 0 aliphatic heterocycles. The minimum atomic E-state index is 0.896. The van der Waals surface area contributed by atoms with Crippen molar-refractivity contribution in [2.45, 2.75) is 0 Å². The minimum Gasteiger partial charge on any atom is -0.263 e. The first-order valence-corrected chi connectivity index (χ1v) is 35.6. The Morgan fingerprint density at radius 1 is 0.120 bits per heavy atom. The molecule has 0 N–H and O–H groups in total. The van der Waals surface area contributed by atoms with Crippen molar-refractivity contribution in [3.63, 3.8) is 0 Å². The van der Waals surface area contributed by atoms with Gasteiger partial charge in [-0.05, 0) is 245 Å². The molecule has 8 aromatic carbocycles. The molecular formula is C96H60N12. The van der Waals surface area contributed by atoms with Crippen molar-refractivity contribution >= 4 is 64.6 Å². The Hall–Kier alpha value is -14.9. The fraction of sp³-hybridized carbons (Fsp3) is 0. The molecule has 0 bridgehead atoms. The van der Waals surface area contributed by atoms with Gasteiger partial charge in [-0.1, -0.05) is 109 Å². The highest BCUT2D eigenvalue weighted by atomic mass is 14.7. The van der Waals surface area contributed by atoms with Gasteiger partial charge in [0.2, 0.25) is 0 Å². The molecule has 12 heterocycles. The van der Waals surface area contributed by atoms with E-state index < -0.39 is 0 Å². The lowest BCUT2D eigenvalue weighted by Crippen LogP contribution is -1.91. The number of fused-ring (bicyclic) bond motifs is 12. The number of pyridine rings is 12. The van der Waals surface area contributed by atoms with Crippen molar-refractivity contribution in [3.8, 4) is 135 Å². The first kappa shape index (κ1) is 64.0. The molecule has 504 valence electrons. The Balaban J connectivity index is 0.000000147. The third kappa shape index (κ3) is 12.5. The Labute approximate surface area is 621 Å². The molecule has 0 spiro atoms. The summed E-state index contributed by atoms with van der Waals surface area (Å²) >= 11 is 0. The highest BCUT2D eigenvalue weighted by Gasteiger charge is 2.19. The van der Waals surface area contributed by atoms with Gasteiger partial charge >= 0.3 is 0 Å². The zero-order chi connectivity index (χ0) is 71.7. The van der Waals surface area contributed by atoms with Gasteiger partial charge in [0, 0.05) is 160 Å². The van der Waals surface area contributed by atoms with Gasteiger partial charge in [0.05, 0.1) is 51.2 Å². The summed E-state index contributed by atoms with van der Waals surface area (Å²) in [5.41, 5.74) is 23.5. The number of hydrogen-bond donors (Lipinski definition) is 0. The van der Waals surface area contributed by atoms with Gasteiger partial charge in [-0.25, -0.2) is 0 Å². The summed E-state index contributed by atoms with van der Waals surface area (Å²) in [5.74, 6) is 0. The van der Waals surface area contributed by atoms with Crippen molar-refractivity contribution in [1.82, 2.24) is 59.8 Å². The SMILES string of the molecule is c1ccc(-c2ccc(-c3ccc4c(c3)c3ccc(-c5ccc(-c6ccccn6)cn5)cc3c3ccc(-c5ccc(-c6ccccn6)cn5)cc43)nc2)nc1.c1ccc(-c2cncc(-c3ccc4c(c3)c3ccc(-c5cncc(-c6ccccn6)c5)cc3c3ccc(-c5cncc(-c6ccccn6)c5)cc43)c2)nc1. The number of nitrogens with zero attached hydrogens (tertiary/aromatic N) is 12. The second-order valence-corrected chi connectivity index (χ2v) is 26.5. The van der Waals surface area contributed by atoms with Crippen molar-refractivity contribution in [1.29, 1.82) is 0 Å². The Kier molecular flexibility index (Phi) is 16.6. The largest absolute Gasteiger partial charge is 0.263 e. The van der Waals surface area contributed by atoms with Crippen LogP contribution in [0, 0.1) is 0 Å². The maximum absolute atomic E-state index is 4.87. The lowest BCUT2D eigenvalue weighted by atomic mass is 9.89. The van der Waals surface area contributed by atoms with E-state index in [4.69, 9.17) is 15.0 Å². The highest BCUT2D eigenvalue weighted by Crippen LogP contribution is 2.44. The van der Waals surface area contributed by atoms with E-state index >= 15 is 0 Å². The predicted molar refractivity (Wildman–Crippen MR) is 437 cm³/mol. The van der Waals surface area contributed by atoms with Crippen molar-refractivity contribution < 1.29 is 0 Å². The third-order valence-corrected chi connectivity index (χ3v) is 20.0. The molecule has 0 aliphatic rings. The predicted octanol–water partition coefficient (Wildman–Crippen LogP) is 23.0. The van der Waals surface area contributed by atoms with E-state index in [9.17, 15) is 0 Å². The second kappa shape index (κ2) is 28.1. The molecule has 0 saturated heterocycles. The van der Waals surface area contributed by atoms with E-state index in [-0.39, 0.29) is 0 Å². The zero-order valence-corrected chi connectivity index (χ0v) is 58.0. The van der Waals surface area contributed by atoms with Crippen LogP contribution >= 0.6 is 0 Å². The lowest BCUT2D eigenvalue weighted by Gasteiger charge is -2.15. The quantitative estimate of drug-likeness (QED) is 0.107. The summed E-state index contributed by atoms with van der Waals surface area (Å²) in [4.78, 5) is 55.7. The summed E-state index contributed by atoms with van der Waals surface area (Å²) in [6.45, 7) is 0. The van der Waals surface area contributed by atoms with Crippen LogP contribution in [-0.4, -0.2) is 59.8 Å². The first-order valence-electron chi connectivity index (χ1n) is 35.6. The van der Waals surface area contributed by atoms with E-state index in [0.717, 1.165) is 151 Å². The van der Waals surface area contributed by atoms with Gasteiger partial charge in [0.15, 0.2) is 0 Å². The molecule has 108 heavy (non-hydrogen) atoms. The van der Waals surface area contributed by atoms with Gasteiger partial charge in [-0.2, -0.15) is 0 Å². The maximum Gasteiger partial charge on any atom is 0.0717 e. The number of aromatic nitrogens is 12. The van der Waals surface area contributed by atoms with Crippen LogP contribution in [0.5, 0.6) is 0 Å². The number of hydrogen-bond acceptors (Lipinski definition) is 12. The van der Waals surface area contributed by atoms with Gasteiger partial charge < -0.3 is 0 Å². The average molecular weight is 1380 g/mol. The van der Waals surface area contributed by atoms with Crippen LogP contribution in [0.15, 0.2) is 366 Å². The first-order chi connectivity index (χ1) is 53.5.